The van der Waals surface area contributed by atoms with E-state index in [2.05, 4.69) is 17.2 Å². The van der Waals surface area contributed by atoms with Gasteiger partial charge in [-0.25, -0.2) is 9.37 Å². The molecule has 3 aliphatic rings. The predicted molar refractivity (Wildman–Crippen MR) is 122 cm³/mol. The van der Waals surface area contributed by atoms with Crippen molar-refractivity contribution in [2.75, 3.05) is 5.32 Å². The van der Waals surface area contributed by atoms with Gasteiger partial charge in [-0.1, -0.05) is 13.0 Å². The lowest BCUT2D eigenvalue weighted by molar-refractivity contribution is -0.129. The van der Waals surface area contributed by atoms with Crippen molar-refractivity contribution in [1.82, 2.24) is 4.98 Å². The minimum atomic E-state index is -0.280. The van der Waals surface area contributed by atoms with Crippen LogP contribution in [0.2, 0.25) is 0 Å². The molecule has 2 saturated carbocycles. The van der Waals surface area contributed by atoms with E-state index in [1.165, 1.54) is 5.56 Å². The number of fused-ring (bicyclic) bond motifs is 5. The molecule has 1 aromatic heterocycles. The Kier molecular flexibility index (Phi) is 5.39. The number of halogens is 1. The van der Waals surface area contributed by atoms with Crippen LogP contribution in [-0.2, 0) is 16.0 Å². The number of hydrogen-bond acceptors (Lipinski definition) is 3. The summed E-state index contributed by atoms with van der Waals surface area (Å²) in [6.07, 6.45) is 7.17. The molecule has 5 atom stereocenters. The first-order chi connectivity index (χ1) is 15.3. The molecule has 0 spiro atoms. The van der Waals surface area contributed by atoms with Crippen molar-refractivity contribution in [3.8, 4) is 0 Å². The number of rotatable bonds is 4. The van der Waals surface area contributed by atoms with Crippen molar-refractivity contribution >= 4 is 17.5 Å². The molecule has 1 aromatic carbocycles. The summed E-state index contributed by atoms with van der Waals surface area (Å²) in [7, 11) is 0. The number of carbonyl (C=O) groups excluding carboxylic acids is 2. The maximum Gasteiger partial charge on any atom is 0.225 e. The fourth-order valence-corrected chi connectivity index (χ4v) is 7.00. The Labute approximate surface area is 189 Å². The Morgan fingerprint density at radius 2 is 2.09 bits per heavy atom. The van der Waals surface area contributed by atoms with E-state index < -0.39 is 0 Å². The third-order valence-electron chi connectivity index (χ3n) is 8.46. The first-order valence-corrected chi connectivity index (χ1v) is 11.9. The summed E-state index contributed by atoms with van der Waals surface area (Å²) >= 11 is 0. The summed E-state index contributed by atoms with van der Waals surface area (Å²) in [5.74, 6) is 2.12. The second-order valence-electron chi connectivity index (χ2n) is 10.3. The van der Waals surface area contributed by atoms with Gasteiger partial charge in [0, 0.05) is 24.5 Å². The summed E-state index contributed by atoms with van der Waals surface area (Å²) in [6.45, 7) is 4.13. The molecule has 1 heterocycles. The molecule has 1 N–H and O–H groups in total. The van der Waals surface area contributed by atoms with E-state index >= 15 is 0 Å². The number of amides is 1. The molecule has 3 aliphatic carbocycles. The number of hydrogen-bond donors (Lipinski definition) is 1. The zero-order valence-electron chi connectivity index (χ0n) is 18.9. The normalized spacial score (nSPS) is 30.9. The summed E-state index contributed by atoms with van der Waals surface area (Å²) in [5, 5.41) is 2.90. The zero-order chi connectivity index (χ0) is 22.5. The summed E-state index contributed by atoms with van der Waals surface area (Å²) in [5.41, 5.74) is 3.20. The molecule has 168 valence electrons. The third-order valence-corrected chi connectivity index (χ3v) is 8.46. The van der Waals surface area contributed by atoms with E-state index in [0.29, 0.717) is 42.2 Å². The van der Waals surface area contributed by atoms with E-state index in [-0.39, 0.29) is 23.1 Å². The van der Waals surface area contributed by atoms with Gasteiger partial charge < -0.3 is 5.32 Å². The minimum absolute atomic E-state index is 0.0408. The van der Waals surface area contributed by atoms with Crippen molar-refractivity contribution in [2.45, 2.75) is 64.7 Å². The number of ketones is 1. The number of pyridine rings is 1. The Morgan fingerprint density at radius 1 is 1.25 bits per heavy atom. The van der Waals surface area contributed by atoms with E-state index in [0.717, 1.165) is 43.2 Å². The first-order valence-electron chi connectivity index (χ1n) is 11.9. The SMILES string of the molecule is Cc1ccnc(NC(=O)CC[C@@H]2CC(=O)[C@@]3(C)CCC4c5ccc(F)cc5CCC4C23)c1. The van der Waals surface area contributed by atoms with Crippen molar-refractivity contribution in [1.29, 1.82) is 0 Å². The molecular formula is C27H31FN2O2. The van der Waals surface area contributed by atoms with Crippen LogP contribution in [0.1, 0.15) is 68.1 Å². The number of Topliss-reactive ketones (excluding diaryl/α,β-unsaturated/α-hetero) is 1. The van der Waals surface area contributed by atoms with Crippen LogP contribution in [0.4, 0.5) is 10.2 Å². The van der Waals surface area contributed by atoms with Crippen molar-refractivity contribution in [2.24, 2.45) is 23.2 Å². The van der Waals surface area contributed by atoms with Crippen molar-refractivity contribution in [3.63, 3.8) is 0 Å². The highest BCUT2D eigenvalue weighted by Gasteiger charge is 2.58. The summed E-state index contributed by atoms with van der Waals surface area (Å²) < 4.78 is 13.8. The maximum atomic E-state index is 13.8. The lowest BCUT2D eigenvalue weighted by Crippen LogP contribution is -2.44. The molecule has 1 amide bonds. The number of aryl methyl sites for hydroxylation is 2. The van der Waals surface area contributed by atoms with Gasteiger partial charge in [0.05, 0.1) is 0 Å². The predicted octanol–water partition coefficient (Wildman–Crippen LogP) is 5.60. The molecule has 0 radical (unpaired) electrons. The first kappa shape index (κ1) is 21.3. The summed E-state index contributed by atoms with van der Waals surface area (Å²) in [4.78, 5) is 29.9. The van der Waals surface area contributed by atoms with E-state index in [1.807, 2.05) is 25.1 Å². The second-order valence-corrected chi connectivity index (χ2v) is 10.3. The van der Waals surface area contributed by atoms with Crippen LogP contribution in [0.3, 0.4) is 0 Å². The minimum Gasteiger partial charge on any atom is -0.311 e. The monoisotopic (exact) mass is 434 g/mol. The van der Waals surface area contributed by atoms with Crippen molar-refractivity contribution in [3.05, 3.63) is 59.0 Å². The number of carbonyl (C=O) groups is 2. The van der Waals surface area contributed by atoms with Crippen molar-refractivity contribution < 1.29 is 14.0 Å². The molecule has 2 aromatic rings. The maximum absolute atomic E-state index is 13.8. The average molecular weight is 435 g/mol. The number of benzene rings is 1. The molecule has 5 rings (SSSR count). The molecule has 32 heavy (non-hydrogen) atoms. The van der Waals surface area contributed by atoms with Gasteiger partial charge in [-0.3, -0.25) is 9.59 Å². The average Bonchev–Trinajstić information content (AvgIpc) is 3.02. The molecule has 5 heteroatoms. The molecule has 0 bridgehead atoms. The highest BCUT2D eigenvalue weighted by Crippen LogP contribution is 2.62. The van der Waals surface area contributed by atoms with Gasteiger partial charge >= 0.3 is 0 Å². The Morgan fingerprint density at radius 3 is 2.91 bits per heavy atom. The van der Waals surface area contributed by atoms with Gasteiger partial charge in [0.15, 0.2) is 0 Å². The molecule has 0 saturated heterocycles. The van der Waals surface area contributed by atoms with Gasteiger partial charge in [-0.2, -0.15) is 0 Å². The number of aromatic nitrogens is 1. The highest BCUT2D eigenvalue weighted by atomic mass is 19.1. The number of nitrogens with zero attached hydrogens (tertiary/aromatic N) is 1. The quantitative estimate of drug-likeness (QED) is 0.681. The highest BCUT2D eigenvalue weighted by molar-refractivity contribution is 5.90. The smallest absolute Gasteiger partial charge is 0.225 e. The van der Waals surface area contributed by atoms with Gasteiger partial charge in [-0.05, 0) is 104 Å². The number of nitrogens with one attached hydrogen (secondary N) is 1. The largest absolute Gasteiger partial charge is 0.311 e. The van der Waals surface area contributed by atoms with Crippen LogP contribution < -0.4 is 5.32 Å². The van der Waals surface area contributed by atoms with Gasteiger partial charge in [0.2, 0.25) is 5.91 Å². The van der Waals surface area contributed by atoms with E-state index in [1.54, 1.807) is 18.3 Å². The lowest BCUT2D eigenvalue weighted by atomic mass is 9.54. The summed E-state index contributed by atoms with van der Waals surface area (Å²) in [6, 6.07) is 9.01. The van der Waals surface area contributed by atoms with Crippen LogP contribution in [-0.4, -0.2) is 16.7 Å². The lowest BCUT2D eigenvalue weighted by Gasteiger charge is -2.50. The fraction of sp³-hybridized carbons (Fsp3) is 0.519. The molecule has 0 aliphatic heterocycles. The number of anilines is 1. The second kappa shape index (κ2) is 8.09. The Balaban J connectivity index is 1.32. The van der Waals surface area contributed by atoms with Gasteiger partial charge in [-0.15, -0.1) is 0 Å². The van der Waals surface area contributed by atoms with E-state index in [9.17, 15) is 14.0 Å². The van der Waals surface area contributed by atoms with Crippen LogP contribution >= 0.6 is 0 Å². The molecule has 4 nitrogen and oxygen atoms in total. The standard InChI is InChI=1S/C27H31FN2O2/c1-16-10-12-29-24(13-16)30-25(32)8-4-18-15-23(31)27(2)11-9-21-20-7-5-19(28)14-17(20)3-6-22(21)26(18)27/h5,7,10,12-14,18,21-22,26H,3-4,6,8-9,11,15H2,1-2H3,(H,29,30,32)/t18-,21?,22?,26?,27-/m1/s1. The van der Waals surface area contributed by atoms with Gasteiger partial charge in [0.1, 0.15) is 17.4 Å². The molecule has 3 unspecified atom stereocenters. The van der Waals surface area contributed by atoms with Crippen LogP contribution in [0.5, 0.6) is 0 Å². The Hall–Kier alpha value is -2.56. The fourth-order valence-electron chi connectivity index (χ4n) is 7.00. The van der Waals surface area contributed by atoms with Crippen LogP contribution in [0.25, 0.3) is 0 Å². The zero-order valence-corrected chi connectivity index (χ0v) is 18.9. The van der Waals surface area contributed by atoms with E-state index in [4.69, 9.17) is 0 Å². The molecule has 2 fully saturated rings. The topological polar surface area (TPSA) is 59.1 Å². The van der Waals surface area contributed by atoms with Gasteiger partial charge in [0.25, 0.3) is 0 Å². The van der Waals surface area contributed by atoms with Crippen LogP contribution in [0.15, 0.2) is 36.5 Å². The van der Waals surface area contributed by atoms with Crippen LogP contribution in [0, 0.1) is 35.9 Å². The Bertz CT molecular complexity index is 1070. The molecular weight excluding hydrogens is 403 g/mol. The third kappa shape index (κ3) is 3.66.